The molecule has 1 heterocycles. The number of nitrogens with zero attached hydrogens (tertiary/aromatic N) is 1. The fourth-order valence-electron chi connectivity index (χ4n) is 3.23. The zero-order valence-corrected chi connectivity index (χ0v) is 17.3. The number of hydrogen-bond donors (Lipinski definition) is 1. The highest BCUT2D eigenvalue weighted by atomic mass is 35.5. The topological polar surface area (TPSA) is 109 Å². The molecule has 2 aromatic carbocycles. The van der Waals surface area contributed by atoms with Crippen molar-refractivity contribution in [3.05, 3.63) is 64.4 Å². The Hall–Kier alpha value is -2.01. The first kappa shape index (κ1) is 21.7. The smallest absolute Gasteiger partial charge is 0.338 e. The van der Waals surface area contributed by atoms with E-state index in [1.54, 1.807) is 24.3 Å². The maximum absolute atomic E-state index is 13.6. The van der Waals surface area contributed by atoms with Crippen LogP contribution in [0.4, 0.5) is 4.39 Å². The van der Waals surface area contributed by atoms with E-state index in [4.69, 9.17) is 16.7 Å². The summed E-state index contributed by atoms with van der Waals surface area (Å²) in [6, 6.07) is 8.94. The molecule has 29 heavy (non-hydrogen) atoms. The SMILES string of the molecule is O=C(O)c1cc(S(=O)(=O)N2CCC(c3ccccc3Cl)S(=O)(=O)CC2)ccc1F. The average Bonchev–Trinajstić information content (AvgIpc) is 2.80. The predicted molar refractivity (Wildman–Crippen MR) is 105 cm³/mol. The molecule has 0 bridgehead atoms. The summed E-state index contributed by atoms with van der Waals surface area (Å²) in [7, 11) is -7.90. The molecule has 11 heteroatoms. The first-order chi connectivity index (χ1) is 13.5. The number of sulfone groups is 1. The Labute approximate surface area is 172 Å². The predicted octanol–water partition coefficient (Wildman–Crippen LogP) is 2.73. The number of carbonyl (C=O) groups is 1. The highest BCUT2D eigenvalue weighted by molar-refractivity contribution is 7.92. The highest BCUT2D eigenvalue weighted by Crippen LogP contribution is 2.35. The van der Waals surface area contributed by atoms with Crippen LogP contribution in [0, 0.1) is 5.82 Å². The first-order valence-electron chi connectivity index (χ1n) is 8.53. The van der Waals surface area contributed by atoms with Crippen LogP contribution in [0.25, 0.3) is 0 Å². The molecule has 156 valence electrons. The number of benzene rings is 2. The maximum atomic E-state index is 13.6. The van der Waals surface area contributed by atoms with E-state index in [0.29, 0.717) is 5.56 Å². The van der Waals surface area contributed by atoms with Crippen LogP contribution in [-0.4, -0.2) is 51.1 Å². The molecule has 2 aromatic rings. The van der Waals surface area contributed by atoms with Gasteiger partial charge in [-0.25, -0.2) is 26.0 Å². The lowest BCUT2D eigenvalue weighted by molar-refractivity contribution is 0.0691. The van der Waals surface area contributed by atoms with Gasteiger partial charge in [-0.1, -0.05) is 29.8 Å². The van der Waals surface area contributed by atoms with E-state index in [0.717, 1.165) is 22.5 Å². The number of aromatic carboxylic acids is 1. The second-order valence-corrected chi connectivity index (χ2v) is 11.2. The van der Waals surface area contributed by atoms with E-state index in [2.05, 4.69) is 0 Å². The van der Waals surface area contributed by atoms with Gasteiger partial charge in [0.15, 0.2) is 9.84 Å². The summed E-state index contributed by atoms with van der Waals surface area (Å²) >= 11 is 6.13. The molecular weight excluding hydrogens is 445 g/mol. The van der Waals surface area contributed by atoms with Gasteiger partial charge in [0.2, 0.25) is 10.0 Å². The van der Waals surface area contributed by atoms with Crippen LogP contribution in [0.5, 0.6) is 0 Å². The maximum Gasteiger partial charge on any atom is 0.338 e. The van der Waals surface area contributed by atoms with Crippen LogP contribution in [0.15, 0.2) is 47.4 Å². The fourth-order valence-corrected chi connectivity index (χ4v) is 6.97. The van der Waals surface area contributed by atoms with E-state index in [-0.39, 0.29) is 24.5 Å². The normalized spacial score (nSPS) is 20.1. The van der Waals surface area contributed by atoms with E-state index in [1.807, 2.05) is 0 Å². The summed E-state index contributed by atoms with van der Waals surface area (Å²) in [5.74, 6) is -3.08. The Balaban J connectivity index is 1.95. The van der Waals surface area contributed by atoms with Gasteiger partial charge in [-0.3, -0.25) is 0 Å². The molecule has 1 unspecified atom stereocenters. The van der Waals surface area contributed by atoms with Crippen LogP contribution in [-0.2, 0) is 19.9 Å². The largest absolute Gasteiger partial charge is 0.478 e. The molecule has 0 spiro atoms. The number of rotatable bonds is 4. The van der Waals surface area contributed by atoms with Crippen molar-refractivity contribution in [1.82, 2.24) is 4.31 Å². The Morgan fingerprint density at radius 3 is 2.52 bits per heavy atom. The van der Waals surface area contributed by atoms with Gasteiger partial charge in [0.1, 0.15) is 5.82 Å². The minimum absolute atomic E-state index is 0.0156. The Morgan fingerprint density at radius 2 is 1.86 bits per heavy atom. The molecule has 0 amide bonds. The summed E-state index contributed by atoms with van der Waals surface area (Å²) in [6.45, 7) is -0.414. The standard InChI is InChI=1S/C18H17ClFNO6S2/c19-15-4-2-1-3-13(15)17-7-8-21(9-10-28(17,24)25)29(26,27)12-5-6-16(20)14(11-12)18(22)23/h1-6,11,17H,7-10H2,(H,22,23). The van der Waals surface area contributed by atoms with Crippen molar-refractivity contribution in [2.45, 2.75) is 16.6 Å². The van der Waals surface area contributed by atoms with Crippen molar-refractivity contribution in [3.8, 4) is 0 Å². The van der Waals surface area contributed by atoms with Crippen molar-refractivity contribution in [2.75, 3.05) is 18.8 Å². The van der Waals surface area contributed by atoms with Crippen molar-refractivity contribution >= 4 is 37.4 Å². The van der Waals surface area contributed by atoms with Crippen molar-refractivity contribution in [2.24, 2.45) is 0 Å². The van der Waals surface area contributed by atoms with Gasteiger partial charge in [-0.15, -0.1) is 0 Å². The second-order valence-electron chi connectivity index (χ2n) is 6.52. The number of halogens is 2. The summed E-state index contributed by atoms with van der Waals surface area (Å²) in [5, 5.41) is 8.35. The van der Waals surface area contributed by atoms with Gasteiger partial charge < -0.3 is 5.11 Å². The lowest BCUT2D eigenvalue weighted by atomic mass is 10.1. The van der Waals surface area contributed by atoms with Crippen molar-refractivity contribution < 1.29 is 31.1 Å². The summed E-state index contributed by atoms with van der Waals surface area (Å²) in [4.78, 5) is 10.7. The quantitative estimate of drug-likeness (QED) is 0.749. The van der Waals surface area contributed by atoms with Crippen molar-refractivity contribution in [1.29, 1.82) is 0 Å². The number of hydrogen-bond acceptors (Lipinski definition) is 5. The zero-order chi connectivity index (χ0) is 21.4. The van der Waals surface area contributed by atoms with Crippen molar-refractivity contribution in [3.63, 3.8) is 0 Å². The molecular formula is C18H17ClFNO6S2. The highest BCUT2D eigenvalue weighted by Gasteiger charge is 2.36. The van der Waals surface area contributed by atoms with Gasteiger partial charge in [0, 0.05) is 18.1 Å². The zero-order valence-electron chi connectivity index (χ0n) is 15.0. The molecule has 0 radical (unpaired) electrons. The van der Waals surface area contributed by atoms with Gasteiger partial charge >= 0.3 is 5.97 Å². The van der Waals surface area contributed by atoms with E-state index in [9.17, 15) is 26.0 Å². The lowest BCUT2D eigenvalue weighted by Crippen LogP contribution is -2.33. The molecule has 0 aromatic heterocycles. The van der Waals surface area contributed by atoms with Crippen LogP contribution >= 0.6 is 11.6 Å². The number of carboxylic acids is 1. The minimum atomic E-state index is -4.22. The lowest BCUT2D eigenvalue weighted by Gasteiger charge is -2.20. The Kier molecular flexibility index (Phi) is 6.00. The third kappa shape index (κ3) is 4.30. The summed E-state index contributed by atoms with van der Waals surface area (Å²) < 4.78 is 65.9. The third-order valence-electron chi connectivity index (χ3n) is 4.76. The Bertz CT molecular complexity index is 1170. The van der Waals surface area contributed by atoms with Crippen LogP contribution in [0.2, 0.25) is 5.02 Å². The molecule has 0 saturated carbocycles. The van der Waals surface area contributed by atoms with Crippen LogP contribution in [0.3, 0.4) is 0 Å². The second kappa shape index (κ2) is 8.02. The van der Waals surface area contributed by atoms with Gasteiger partial charge in [0.25, 0.3) is 0 Å². The Morgan fingerprint density at radius 1 is 1.17 bits per heavy atom. The summed E-state index contributed by atoms with van der Waals surface area (Å²) in [6.07, 6.45) is -0.0156. The molecule has 1 fully saturated rings. The molecule has 1 aliphatic rings. The van der Waals surface area contributed by atoms with Crippen LogP contribution in [0.1, 0.15) is 27.6 Å². The van der Waals surface area contributed by atoms with E-state index in [1.165, 1.54) is 0 Å². The molecule has 1 N–H and O–H groups in total. The van der Waals surface area contributed by atoms with Gasteiger partial charge in [-0.05, 0) is 36.2 Å². The van der Waals surface area contributed by atoms with E-state index >= 15 is 0 Å². The number of sulfonamides is 1. The molecule has 1 saturated heterocycles. The van der Waals surface area contributed by atoms with E-state index < -0.39 is 53.1 Å². The molecule has 1 aliphatic heterocycles. The number of carboxylic acid groups (broad SMARTS) is 1. The van der Waals surface area contributed by atoms with Gasteiger partial charge in [-0.2, -0.15) is 4.31 Å². The fraction of sp³-hybridized carbons (Fsp3) is 0.278. The molecule has 7 nitrogen and oxygen atoms in total. The van der Waals surface area contributed by atoms with Gasteiger partial charge in [0.05, 0.1) is 21.5 Å². The monoisotopic (exact) mass is 461 g/mol. The molecule has 3 rings (SSSR count). The molecule has 1 atom stereocenters. The average molecular weight is 462 g/mol. The summed E-state index contributed by atoms with van der Waals surface area (Å²) in [5.41, 5.74) is -0.370. The van der Waals surface area contributed by atoms with Crippen LogP contribution < -0.4 is 0 Å². The molecule has 0 aliphatic carbocycles. The first-order valence-corrected chi connectivity index (χ1v) is 12.1. The minimum Gasteiger partial charge on any atom is -0.478 e. The third-order valence-corrected chi connectivity index (χ3v) is 9.10.